The van der Waals surface area contributed by atoms with Crippen molar-refractivity contribution >= 4 is 45.9 Å². The predicted octanol–water partition coefficient (Wildman–Crippen LogP) is 7.68. The second-order valence-electron chi connectivity index (χ2n) is 8.48. The number of azide groups is 1. The number of rotatable bonds is 7. The maximum atomic E-state index is 9.04. The fourth-order valence-electron chi connectivity index (χ4n) is 2.53. The zero-order chi connectivity index (χ0) is 20.9. The lowest BCUT2D eigenvalue weighted by molar-refractivity contribution is 0.264. The molecule has 1 saturated heterocycles. The molecule has 1 aliphatic heterocycles. The maximum absolute atomic E-state index is 9.04. The van der Waals surface area contributed by atoms with Crippen LogP contribution in [0.25, 0.3) is 10.4 Å². The first-order valence-corrected chi connectivity index (χ1v) is 13.9. The van der Waals surface area contributed by atoms with E-state index in [9.17, 15) is 0 Å². The molecule has 0 unspecified atom stereocenters. The van der Waals surface area contributed by atoms with Gasteiger partial charge < -0.3 is 4.43 Å². The Morgan fingerprint density at radius 3 is 2.29 bits per heavy atom. The molecule has 10 heteroatoms. The highest BCUT2D eigenvalue weighted by atomic mass is 79.9. The predicted molar refractivity (Wildman–Crippen MR) is 122 cm³/mol. The van der Waals surface area contributed by atoms with Crippen molar-refractivity contribution in [3.8, 4) is 0 Å². The molecule has 0 aliphatic carbocycles. The number of hydrogen-bond acceptors (Lipinski definition) is 4. The molecule has 0 spiro atoms. The van der Waals surface area contributed by atoms with E-state index in [1.165, 1.54) is 0 Å². The van der Waals surface area contributed by atoms with Gasteiger partial charge in [0.25, 0.3) is 0 Å². The Morgan fingerprint density at radius 1 is 1.21 bits per heavy atom. The van der Waals surface area contributed by atoms with Gasteiger partial charge in [0.05, 0.1) is 6.04 Å². The second kappa shape index (κ2) is 9.71. The minimum absolute atomic E-state index is 0.0922. The standard InChI is InChI=1S/C18H28Br2N6OSi/c1-18(2,3)28(4,5)27-12-16(22-24-21)13-10-14(19)17(15(20)11-13)23-25-26-8-6-7-9-26/h10-11,16H,6-9,12H2,1-5H3/t16-/m0/s1. The van der Waals surface area contributed by atoms with Gasteiger partial charge >= 0.3 is 0 Å². The molecule has 0 saturated carbocycles. The van der Waals surface area contributed by atoms with Gasteiger partial charge in [-0.2, -0.15) is 0 Å². The van der Waals surface area contributed by atoms with Gasteiger partial charge in [0.1, 0.15) is 5.69 Å². The van der Waals surface area contributed by atoms with E-state index in [2.05, 4.69) is 86.1 Å². The smallest absolute Gasteiger partial charge is 0.192 e. The summed E-state index contributed by atoms with van der Waals surface area (Å²) in [6.45, 7) is 13.2. The zero-order valence-corrected chi connectivity index (χ0v) is 21.3. The fourth-order valence-corrected chi connectivity index (χ4v) is 4.92. The Balaban J connectivity index is 2.21. The fraction of sp³-hybridized carbons (Fsp3) is 0.667. The van der Waals surface area contributed by atoms with Gasteiger partial charge in [0.2, 0.25) is 0 Å². The number of hydrogen-bond donors (Lipinski definition) is 0. The Labute approximate surface area is 184 Å². The molecule has 1 atom stereocenters. The van der Waals surface area contributed by atoms with E-state index in [0.29, 0.717) is 6.61 Å². The van der Waals surface area contributed by atoms with Crippen LogP contribution in [0.4, 0.5) is 5.69 Å². The van der Waals surface area contributed by atoms with Gasteiger partial charge in [0.15, 0.2) is 8.32 Å². The summed E-state index contributed by atoms with van der Waals surface area (Å²) in [6, 6.07) is 3.45. The summed E-state index contributed by atoms with van der Waals surface area (Å²) in [5.41, 5.74) is 10.6. The molecule has 1 heterocycles. The lowest BCUT2D eigenvalue weighted by Gasteiger charge is -2.37. The molecule has 1 aromatic rings. The van der Waals surface area contributed by atoms with Crippen molar-refractivity contribution < 1.29 is 4.43 Å². The van der Waals surface area contributed by atoms with Crippen LogP contribution in [0.2, 0.25) is 18.1 Å². The highest BCUT2D eigenvalue weighted by Gasteiger charge is 2.37. The van der Waals surface area contributed by atoms with E-state index in [0.717, 1.165) is 46.1 Å². The first-order valence-electron chi connectivity index (χ1n) is 9.39. The summed E-state index contributed by atoms with van der Waals surface area (Å²) in [6.07, 6.45) is 2.31. The molecule has 1 fully saturated rings. The third-order valence-electron chi connectivity index (χ3n) is 5.38. The minimum atomic E-state index is -1.94. The Bertz CT molecular complexity index is 745. The third-order valence-corrected chi connectivity index (χ3v) is 11.1. The van der Waals surface area contributed by atoms with Crippen molar-refractivity contribution in [1.29, 1.82) is 0 Å². The average Bonchev–Trinajstić information content (AvgIpc) is 3.10. The van der Waals surface area contributed by atoms with Gasteiger partial charge in [-0.3, -0.25) is 5.01 Å². The number of benzene rings is 1. The van der Waals surface area contributed by atoms with Crippen LogP contribution in [0.1, 0.15) is 45.2 Å². The Kier molecular flexibility index (Phi) is 8.10. The summed E-state index contributed by atoms with van der Waals surface area (Å²) in [7, 11) is -1.94. The largest absolute Gasteiger partial charge is 0.416 e. The van der Waals surface area contributed by atoms with Gasteiger partial charge in [-0.25, -0.2) is 0 Å². The quantitative estimate of drug-likeness (QED) is 0.156. The van der Waals surface area contributed by atoms with E-state index in [1.807, 2.05) is 17.1 Å². The highest BCUT2D eigenvalue weighted by molar-refractivity contribution is 9.11. The molecule has 0 aromatic heterocycles. The highest BCUT2D eigenvalue weighted by Crippen LogP contribution is 2.40. The first kappa shape index (κ1) is 23.3. The lowest BCUT2D eigenvalue weighted by atomic mass is 10.1. The van der Waals surface area contributed by atoms with Crippen LogP contribution in [0, 0.1) is 0 Å². The Hall–Kier alpha value is -0.933. The van der Waals surface area contributed by atoms with Gasteiger partial charge in [-0.05, 0) is 86.1 Å². The first-order chi connectivity index (χ1) is 13.0. The molecule has 1 aliphatic rings. The van der Waals surface area contributed by atoms with Gasteiger partial charge in [-0.1, -0.05) is 31.1 Å². The summed E-state index contributed by atoms with van der Waals surface area (Å²) in [4.78, 5) is 3.03. The van der Waals surface area contributed by atoms with Crippen molar-refractivity contribution in [2.45, 2.75) is 57.8 Å². The van der Waals surface area contributed by atoms with E-state index in [4.69, 9.17) is 9.96 Å². The average molecular weight is 532 g/mol. The molecule has 154 valence electrons. The van der Waals surface area contributed by atoms with Crippen molar-refractivity contribution in [2.75, 3.05) is 19.7 Å². The molecule has 0 N–H and O–H groups in total. The summed E-state index contributed by atoms with van der Waals surface area (Å²) in [5.74, 6) is 0. The van der Waals surface area contributed by atoms with Crippen molar-refractivity contribution in [1.82, 2.24) is 5.01 Å². The number of halogens is 2. The number of nitrogens with zero attached hydrogens (tertiary/aromatic N) is 6. The van der Waals surface area contributed by atoms with Gasteiger partial charge in [0, 0.05) is 33.6 Å². The maximum Gasteiger partial charge on any atom is 0.192 e. The zero-order valence-electron chi connectivity index (χ0n) is 17.1. The molecule has 0 radical (unpaired) electrons. The topological polar surface area (TPSA) is 85.9 Å². The molecule has 0 bridgehead atoms. The second-order valence-corrected chi connectivity index (χ2v) is 15.0. The van der Waals surface area contributed by atoms with E-state index in [-0.39, 0.29) is 5.04 Å². The van der Waals surface area contributed by atoms with Crippen molar-refractivity contribution in [2.24, 2.45) is 15.5 Å². The van der Waals surface area contributed by atoms with Crippen molar-refractivity contribution in [3.63, 3.8) is 0 Å². The van der Waals surface area contributed by atoms with Crippen LogP contribution >= 0.6 is 31.9 Å². The van der Waals surface area contributed by atoms with E-state index >= 15 is 0 Å². The lowest BCUT2D eigenvalue weighted by Crippen LogP contribution is -2.41. The molecular weight excluding hydrogens is 504 g/mol. The molecule has 0 amide bonds. The van der Waals surface area contributed by atoms with E-state index in [1.54, 1.807) is 0 Å². The van der Waals surface area contributed by atoms with Crippen LogP contribution in [-0.2, 0) is 4.43 Å². The summed E-state index contributed by atoms with van der Waals surface area (Å²) >= 11 is 7.16. The molecule has 7 nitrogen and oxygen atoms in total. The van der Waals surface area contributed by atoms with Gasteiger partial charge in [-0.15, -0.1) is 5.11 Å². The molecular formula is C18H28Br2N6OSi. The van der Waals surface area contributed by atoms with Crippen LogP contribution in [0.5, 0.6) is 0 Å². The monoisotopic (exact) mass is 530 g/mol. The van der Waals surface area contributed by atoms with Crippen LogP contribution in [0.15, 0.2) is 36.5 Å². The molecule has 1 aromatic carbocycles. The van der Waals surface area contributed by atoms with Crippen molar-refractivity contribution in [3.05, 3.63) is 37.1 Å². The SMILES string of the molecule is CC(C)(C)[Si](C)(C)OC[C@H](N=[N+]=[N-])c1cc(Br)c(N=NN2CCCC2)c(Br)c1. The normalized spacial score (nSPS) is 16.5. The minimum Gasteiger partial charge on any atom is -0.416 e. The van der Waals surface area contributed by atoms with Crippen LogP contribution in [-0.4, -0.2) is 33.0 Å². The third kappa shape index (κ3) is 6.03. The van der Waals surface area contributed by atoms with Crippen LogP contribution in [0.3, 0.4) is 0 Å². The van der Waals surface area contributed by atoms with Crippen LogP contribution < -0.4 is 0 Å². The molecule has 28 heavy (non-hydrogen) atoms. The van der Waals surface area contributed by atoms with E-state index < -0.39 is 14.4 Å². The summed E-state index contributed by atoms with van der Waals surface area (Å²) < 4.78 is 7.88. The molecule has 2 rings (SSSR count). The summed E-state index contributed by atoms with van der Waals surface area (Å²) in [5, 5.41) is 14.7. The Morgan fingerprint density at radius 2 is 1.79 bits per heavy atom.